The summed E-state index contributed by atoms with van der Waals surface area (Å²) in [5.41, 5.74) is 0.0611. The second-order valence-electron chi connectivity index (χ2n) is 7.92. The molecule has 0 heterocycles. The zero-order valence-corrected chi connectivity index (χ0v) is 17.9. The number of unbranched alkanes of at least 4 members (excludes halogenated alkanes) is 4. The van der Waals surface area contributed by atoms with Gasteiger partial charge in [0.25, 0.3) is 0 Å². The van der Waals surface area contributed by atoms with Gasteiger partial charge < -0.3 is 8.85 Å². The van der Waals surface area contributed by atoms with Gasteiger partial charge in [-0.25, -0.2) is 0 Å². The van der Waals surface area contributed by atoms with Crippen molar-refractivity contribution in [3.05, 3.63) is 0 Å². The third-order valence-electron chi connectivity index (χ3n) is 3.22. The molecule has 0 aromatic rings. The molecule has 0 fully saturated rings. The van der Waals surface area contributed by atoms with Crippen molar-refractivity contribution in [3.63, 3.8) is 0 Å². The maximum atomic E-state index is 6.13. The molecule has 0 aromatic heterocycles. The highest BCUT2D eigenvalue weighted by atomic mass is 28.3. The molecule has 0 aliphatic heterocycles. The minimum Gasteiger partial charge on any atom is -0.419 e. The number of hydrogen-bond acceptors (Lipinski definition) is 2. The van der Waals surface area contributed by atoms with E-state index in [1.165, 1.54) is 38.5 Å². The first kappa shape index (κ1) is 20.4. The van der Waals surface area contributed by atoms with Crippen molar-refractivity contribution in [2.75, 3.05) is 0 Å². The Morgan fingerprint density at radius 2 is 1.20 bits per heavy atom. The van der Waals surface area contributed by atoms with E-state index >= 15 is 0 Å². The zero-order valence-electron chi connectivity index (χ0n) is 15.1. The van der Waals surface area contributed by atoms with Crippen molar-refractivity contribution in [1.82, 2.24) is 0 Å². The maximum absolute atomic E-state index is 6.13. The summed E-state index contributed by atoms with van der Waals surface area (Å²) < 4.78 is 12.3. The lowest BCUT2D eigenvalue weighted by atomic mass is 10.1. The van der Waals surface area contributed by atoms with Gasteiger partial charge in [-0.15, -0.1) is 0 Å². The van der Waals surface area contributed by atoms with Crippen molar-refractivity contribution in [2.45, 2.75) is 103 Å². The van der Waals surface area contributed by atoms with Gasteiger partial charge in [-0.05, 0) is 46.7 Å². The molecule has 4 heteroatoms. The van der Waals surface area contributed by atoms with E-state index in [-0.39, 0.29) is 11.2 Å². The Hall–Kier alpha value is 0.354. The second kappa shape index (κ2) is 10.1. The van der Waals surface area contributed by atoms with E-state index in [4.69, 9.17) is 8.85 Å². The fourth-order valence-corrected chi connectivity index (χ4v) is 5.46. The number of hydrogen-bond donors (Lipinski definition) is 0. The average Bonchev–Trinajstić information content (AvgIpc) is 2.29. The second-order valence-corrected chi connectivity index (χ2v) is 12.6. The SMILES string of the molecule is CCCCCCCC([SiH2]OC(C)(C)C)[SiH2]OC(C)(C)C. The van der Waals surface area contributed by atoms with Crippen LogP contribution in [0.15, 0.2) is 0 Å². The molecule has 0 N–H and O–H groups in total. The van der Waals surface area contributed by atoms with Crippen LogP contribution in [0, 0.1) is 0 Å². The van der Waals surface area contributed by atoms with Crippen LogP contribution in [0.4, 0.5) is 0 Å². The van der Waals surface area contributed by atoms with Crippen LogP contribution in [0.25, 0.3) is 0 Å². The molecule has 0 saturated carbocycles. The monoisotopic (exact) mass is 318 g/mol. The summed E-state index contributed by atoms with van der Waals surface area (Å²) in [4.78, 5) is 0. The van der Waals surface area contributed by atoms with Gasteiger partial charge in [0, 0.05) is 11.2 Å². The van der Waals surface area contributed by atoms with Gasteiger partial charge in [-0.3, -0.25) is 0 Å². The first-order valence-corrected chi connectivity index (χ1v) is 11.2. The Balaban J connectivity index is 4.04. The summed E-state index contributed by atoms with van der Waals surface area (Å²) in [5, 5.41) is 0.801. The van der Waals surface area contributed by atoms with Crippen LogP contribution in [0.1, 0.15) is 87.0 Å². The highest BCUT2D eigenvalue weighted by Crippen LogP contribution is 2.20. The van der Waals surface area contributed by atoms with Gasteiger partial charge >= 0.3 is 0 Å². The molecular formula is C16H38O2Si2. The van der Waals surface area contributed by atoms with Crippen LogP contribution in [-0.2, 0) is 8.85 Å². The zero-order chi connectivity index (χ0) is 15.6. The van der Waals surface area contributed by atoms with Crippen molar-refractivity contribution < 1.29 is 8.85 Å². The molecule has 0 atom stereocenters. The minimum absolute atomic E-state index is 0.0306. The first-order valence-electron chi connectivity index (χ1n) is 8.42. The van der Waals surface area contributed by atoms with E-state index in [1.807, 2.05) is 0 Å². The van der Waals surface area contributed by atoms with E-state index in [9.17, 15) is 0 Å². The van der Waals surface area contributed by atoms with E-state index in [2.05, 4.69) is 48.5 Å². The van der Waals surface area contributed by atoms with Crippen molar-refractivity contribution in [1.29, 1.82) is 0 Å². The largest absolute Gasteiger partial charge is 0.419 e. The van der Waals surface area contributed by atoms with Gasteiger partial charge in [0.15, 0.2) is 19.5 Å². The molecule has 0 aliphatic carbocycles. The lowest BCUT2D eigenvalue weighted by Gasteiger charge is -2.27. The summed E-state index contributed by atoms with van der Waals surface area (Å²) in [6.07, 6.45) is 8.20. The van der Waals surface area contributed by atoms with Gasteiger partial charge in [0.05, 0.1) is 0 Å². The molecule has 20 heavy (non-hydrogen) atoms. The minimum atomic E-state index is -0.451. The molecule has 0 unspecified atom stereocenters. The average molecular weight is 319 g/mol. The molecule has 122 valence electrons. The van der Waals surface area contributed by atoms with Gasteiger partial charge in [-0.2, -0.15) is 0 Å². The van der Waals surface area contributed by atoms with E-state index < -0.39 is 19.5 Å². The molecule has 2 nitrogen and oxygen atoms in total. The van der Waals surface area contributed by atoms with E-state index in [0.717, 1.165) is 5.16 Å². The molecule has 0 rings (SSSR count). The van der Waals surface area contributed by atoms with Crippen LogP contribution >= 0.6 is 0 Å². The van der Waals surface area contributed by atoms with Crippen LogP contribution in [-0.4, -0.2) is 30.7 Å². The summed E-state index contributed by atoms with van der Waals surface area (Å²) in [6.45, 7) is 15.3. The highest BCUT2D eigenvalue weighted by Gasteiger charge is 2.19. The quantitative estimate of drug-likeness (QED) is 0.449. The molecule has 0 spiro atoms. The Labute approximate surface area is 132 Å². The Bertz CT molecular complexity index is 214. The first-order chi connectivity index (χ1) is 9.14. The van der Waals surface area contributed by atoms with E-state index in [1.54, 1.807) is 0 Å². The molecule has 0 bridgehead atoms. The number of rotatable bonds is 10. The fourth-order valence-electron chi connectivity index (χ4n) is 1.99. The molecular weight excluding hydrogens is 280 g/mol. The van der Waals surface area contributed by atoms with Gasteiger partial charge in [-0.1, -0.05) is 45.4 Å². The maximum Gasteiger partial charge on any atom is 0.164 e. The summed E-state index contributed by atoms with van der Waals surface area (Å²) in [5.74, 6) is 0. The predicted octanol–water partition coefficient (Wildman–Crippen LogP) is 3.89. The predicted molar refractivity (Wildman–Crippen MR) is 95.9 cm³/mol. The topological polar surface area (TPSA) is 18.5 Å². The molecule has 0 amide bonds. The Morgan fingerprint density at radius 1 is 0.750 bits per heavy atom. The van der Waals surface area contributed by atoms with Crippen molar-refractivity contribution >= 4 is 19.5 Å². The lowest BCUT2D eigenvalue weighted by Crippen LogP contribution is -2.30. The van der Waals surface area contributed by atoms with Crippen LogP contribution in [0.5, 0.6) is 0 Å². The van der Waals surface area contributed by atoms with Crippen LogP contribution in [0.3, 0.4) is 0 Å². The van der Waals surface area contributed by atoms with Gasteiger partial charge in [0.2, 0.25) is 0 Å². The molecule has 0 saturated heterocycles. The summed E-state index contributed by atoms with van der Waals surface area (Å²) >= 11 is 0. The fraction of sp³-hybridized carbons (Fsp3) is 1.00. The Morgan fingerprint density at radius 3 is 1.60 bits per heavy atom. The molecule has 0 radical (unpaired) electrons. The van der Waals surface area contributed by atoms with Crippen molar-refractivity contribution in [2.24, 2.45) is 0 Å². The molecule has 0 aliphatic rings. The van der Waals surface area contributed by atoms with Crippen molar-refractivity contribution in [3.8, 4) is 0 Å². The standard InChI is InChI=1S/C16H38O2Si2/c1-8-9-10-11-12-13-14(19-17-15(2,3)4)20-18-16(5,6)7/h14H,8-13,19-20H2,1-7H3. The Kier molecular flexibility index (Phi) is 10.3. The normalized spacial score (nSPS) is 15.8. The smallest absolute Gasteiger partial charge is 0.164 e. The highest BCUT2D eigenvalue weighted by molar-refractivity contribution is 6.52. The summed E-state index contributed by atoms with van der Waals surface area (Å²) in [7, 11) is -0.901. The summed E-state index contributed by atoms with van der Waals surface area (Å²) in [6, 6.07) is 0. The van der Waals surface area contributed by atoms with Gasteiger partial charge in [0.1, 0.15) is 0 Å². The third kappa shape index (κ3) is 14.8. The molecule has 0 aromatic carbocycles. The third-order valence-corrected chi connectivity index (χ3v) is 8.46. The lowest BCUT2D eigenvalue weighted by molar-refractivity contribution is 0.127. The van der Waals surface area contributed by atoms with Crippen LogP contribution < -0.4 is 0 Å². The van der Waals surface area contributed by atoms with E-state index in [0.29, 0.717) is 0 Å². The van der Waals surface area contributed by atoms with Crippen LogP contribution in [0.2, 0.25) is 5.16 Å².